The normalized spacial score (nSPS) is 11.8. The zero-order chi connectivity index (χ0) is 17.4. The lowest BCUT2D eigenvalue weighted by Crippen LogP contribution is -2.02. The molecule has 0 amide bonds. The first kappa shape index (κ1) is 17.9. The number of methoxy groups -OCH3 is 2. The Balaban J connectivity index is 1.94. The number of halogens is 2. The number of ether oxygens (including phenoxy) is 4. The van der Waals surface area contributed by atoms with Gasteiger partial charge in [-0.3, -0.25) is 0 Å². The summed E-state index contributed by atoms with van der Waals surface area (Å²) in [5, 5.41) is 6.83. The maximum Gasteiger partial charge on any atom is 0.311 e. The van der Waals surface area contributed by atoms with Crippen LogP contribution in [0.5, 0.6) is 23.0 Å². The Labute approximate surface area is 149 Å². The van der Waals surface area contributed by atoms with Crippen molar-refractivity contribution in [1.82, 2.24) is 0 Å². The van der Waals surface area contributed by atoms with E-state index in [2.05, 4.69) is 10.2 Å². The maximum absolute atomic E-state index is 5.83. The van der Waals surface area contributed by atoms with E-state index < -0.39 is 0 Å². The van der Waals surface area contributed by atoms with Crippen molar-refractivity contribution < 1.29 is 18.9 Å². The number of hydrogen-bond donors (Lipinski definition) is 0. The Bertz CT molecular complexity index is 652. The summed E-state index contributed by atoms with van der Waals surface area (Å²) in [5.74, 6) is 2.35. The van der Waals surface area contributed by atoms with Crippen molar-refractivity contribution in [3.05, 3.63) is 48.5 Å². The summed E-state index contributed by atoms with van der Waals surface area (Å²) in [6.45, 7) is 0. The third-order valence-corrected chi connectivity index (χ3v) is 3.04. The molecular weight excluding hydrogens is 355 g/mol. The van der Waals surface area contributed by atoms with E-state index in [1.807, 2.05) is 0 Å². The van der Waals surface area contributed by atoms with Gasteiger partial charge in [-0.1, -0.05) is 10.2 Å². The van der Waals surface area contributed by atoms with E-state index in [1.165, 1.54) is 0 Å². The molecule has 0 saturated carbocycles. The Morgan fingerprint density at radius 3 is 1.21 bits per heavy atom. The minimum atomic E-state index is -0.211. The Morgan fingerprint density at radius 2 is 0.917 bits per heavy atom. The molecule has 0 aromatic heterocycles. The molecule has 2 aromatic rings. The van der Waals surface area contributed by atoms with Gasteiger partial charge in [0, 0.05) is 0 Å². The fraction of sp³-hybridized carbons (Fsp3) is 0.125. The number of rotatable bonds is 5. The average molecular weight is 369 g/mol. The molecule has 126 valence electrons. The Hall–Kier alpha value is -2.44. The summed E-state index contributed by atoms with van der Waals surface area (Å²) in [5.41, 5.74) is 0. The van der Waals surface area contributed by atoms with Gasteiger partial charge in [0.25, 0.3) is 0 Å². The van der Waals surface area contributed by atoms with Crippen LogP contribution < -0.4 is 18.9 Å². The van der Waals surface area contributed by atoms with Gasteiger partial charge in [0.1, 0.15) is 23.0 Å². The van der Waals surface area contributed by atoms with Crippen LogP contribution in [0.15, 0.2) is 58.7 Å². The van der Waals surface area contributed by atoms with E-state index in [-0.39, 0.29) is 10.7 Å². The lowest BCUT2D eigenvalue weighted by molar-refractivity contribution is 0.413. The largest absolute Gasteiger partial charge is 0.497 e. The second-order valence-electron chi connectivity index (χ2n) is 4.26. The summed E-state index contributed by atoms with van der Waals surface area (Å²) >= 11 is 11.7. The van der Waals surface area contributed by atoms with E-state index in [4.69, 9.17) is 42.1 Å². The van der Waals surface area contributed by atoms with Crippen molar-refractivity contribution in [3.8, 4) is 23.0 Å². The zero-order valence-electron chi connectivity index (χ0n) is 12.9. The van der Waals surface area contributed by atoms with Crippen molar-refractivity contribution in [2.45, 2.75) is 0 Å². The first-order chi connectivity index (χ1) is 11.6. The van der Waals surface area contributed by atoms with Crippen LogP contribution in [-0.2, 0) is 0 Å². The van der Waals surface area contributed by atoms with Crippen LogP contribution in [0.25, 0.3) is 0 Å². The molecule has 0 aliphatic heterocycles. The number of hydrogen-bond acceptors (Lipinski definition) is 6. The molecule has 2 rings (SSSR count). The van der Waals surface area contributed by atoms with E-state index in [1.54, 1.807) is 62.8 Å². The molecule has 24 heavy (non-hydrogen) atoms. The molecule has 0 spiro atoms. The summed E-state index contributed by atoms with van der Waals surface area (Å²) < 4.78 is 20.6. The molecule has 0 bridgehead atoms. The molecule has 0 N–H and O–H groups in total. The highest BCUT2D eigenvalue weighted by Gasteiger charge is 2.02. The molecule has 2 aromatic carbocycles. The second-order valence-corrected chi connectivity index (χ2v) is 4.91. The highest BCUT2D eigenvalue weighted by atomic mass is 35.5. The molecule has 0 radical (unpaired) electrons. The molecule has 0 atom stereocenters. The van der Waals surface area contributed by atoms with Gasteiger partial charge in [-0.15, -0.1) is 0 Å². The highest BCUT2D eigenvalue weighted by Crippen LogP contribution is 2.19. The molecule has 6 nitrogen and oxygen atoms in total. The lowest BCUT2D eigenvalue weighted by atomic mass is 10.3. The Morgan fingerprint density at radius 1 is 0.625 bits per heavy atom. The Kier molecular flexibility index (Phi) is 6.72. The molecule has 0 aliphatic rings. The first-order valence-corrected chi connectivity index (χ1v) is 7.47. The summed E-state index contributed by atoms with van der Waals surface area (Å²) in [6.07, 6.45) is 0. The maximum atomic E-state index is 5.83. The smallest absolute Gasteiger partial charge is 0.311 e. The van der Waals surface area contributed by atoms with E-state index >= 15 is 0 Å². The van der Waals surface area contributed by atoms with Crippen molar-refractivity contribution in [2.75, 3.05) is 14.2 Å². The van der Waals surface area contributed by atoms with Crippen molar-refractivity contribution in [1.29, 1.82) is 0 Å². The van der Waals surface area contributed by atoms with Gasteiger partial charge in [-0.25, -0.2) is 0 Å². The summed E-state index contributed by atoms with van der Waals surface area (Å²) in [7, 11) is 3.15. The third kappa shape index (κ3) is 5.64. The van der Waals surface area contributed by atoms with Crippen LogP contribution in [0.3, 0.4) is 0 Å². The molecule has 0 unspecified atom stereocenters. The van der Waals surface area contributed by atoms with E-state index in [0.29, 0.717) is 23.0 Å². The van der Waals surface area contributed by atoms with Gasteiger partial charge in [0.2, 0.25) is 0 Å². The predicted molar refractivity (Wildman–Crippen MR) is 93.8 cm³/mol. The zero-order valence-corrected chi connectivity index (χ0v) is 14.4. The molecule has 0 fully saturated rings. The van der Waals surface area contributed by atoms with Crippen LogP contribution in [0.2, 0.25) is 0 Å². The molecular formula is C16H14Cl2N2O4. The minimum absolute atomic E-state index is 0.211. The summed E-state index contributed by atoms with van der Waals surface area (Å²) in [4.78, 5) is 0. The highest BCUT2D eigenvalue weighted by molar-refractivity contribution is 6.64. The monoisotopic (exact) mass is 368 g/mol. The lowest BCUT2D eigenvalue weighted by Gasteiger charge is -2.04. The van der Waals surface area contributed by atoms with Gasteiger partial charge in [0.05, 0.1) is 14.2 Å². The van der Waals surface area contributed by atoms with Crippen molar-refractivity contribution in [3.63, 3.8) is 0 Å². The van der Waals surface area contributed by atoms with E-state index in [9.17, 15) is 0 Å². The average Bonchev–Trinajstić information content (AvgIpc) is 2.61. The quantitative estimate of drug-likeness (QED) is 0.449. The second kappa shape index (κ2) is 9.00. The summed E-state index contributed by atoms with van der Waals surface area (Å²) in [6, 6.07) is 13.6. The standard InChI is InChI=1S/C16H14Cl2N2O4/c1-21-11-3-7-13(8-4-11)23-15(17)19-20-16(18)24-14-9-5-12(22-2)6-10-14/h3-10H,1-2H3/b19-15-,20-16-. The third-order valence-electron chi connectivity index (χ3n) is 2.73. The minimum Gasteiger partial charge on any atom is -0.497 e. The van der Waals surface area contributed by atoms with Crippen molar-refractivity contribution >= 4 is 33.9 Å². The van der Waals surface area contributed by atoms with E-state index in [0.717, 1.165) is 0 Å². The van der Waals surface area contributed by atoms with Gasteiger partial charge >= 0.3 is 10.7 Å². The van der Waals surface area contributed by atoms with Crippen LogP contribution in [0.1, 0.15) is 0 Å². The van der Waals surface area contributed by atoms with Crippen LogP contribution in [0.4, 0.5) is 0 Å². The fourth-order valence-electron chi connectivity index (χ4n) is 1.60. The molecule has 0 aliphatic carbocycles. The molecule has 8 heteroatoms. The van der Waals surface area contributed by atoms with Gasteiger partial charge in [-0.2, -0.15) is 0 Å². The number of nitrogens with zero attached hydrogens (tertiary/aromatic N) is 2. The molecule has 0 heterocycles. The predicted octanol–water partition coefficient (Wildman–Crippen LogP) is 4.27. The van der Waals surface area contributed by atoms with Crippen molar-refractivity contribution in [2.24, 2.45) is 10.2 Å². The van der Waals surface area contributed by atoms with Crippen LogP contribution in [-0.4, -0.2) is 24.9 Å². The first-order valence-electron chi connectivity index (χ1n) is 6.71. The van der Waals surface area contributed by atoms with Crippen LogP contribution >= 0.6 is 23.2 Å². The molecule has 0 saturated heterocycles. The van der Waals surface area contributed by atoms with Crippen LogP contribution in [0, 0.1) is 0 Å². The SMILES string of the molecule is COc1ccc(O/C(Cl)=N\N=C(\Cl)Oc2ccc(OC)cc2)cc1. The topological polar surface area (TPSA) is 61.6 Å². The fourth-order valence-corrected chi connectivity index (χ4v) is 1.86. The number of benzene rings is 2. The van der Waals surface area contributed by atoms with Gasteiger partial charge in [0.15, 0.2) is 0 Å². The van der Waals surface area contributed by atoms with Gasteiger partial charge in [-0.05, 0) is 71.7 Å². The van der Waals surface area contributed by atoms with Gasteiger partial charge < -0.3 is 18.9 Å².